The van der Waals surface area contributed by atoms with Crippen LogP contribution in [0.25, 0.3) is 0 Å². The molecular weight excluding hydrogens is 310 g/mol. The van der Waals surface area contributed by atoms with Crippen LogP contribution < -0.4 is 10.1 Å². The van der Waals surface area contributed by atoms with Crippen molar-refractivity contribution in [1.82, 2.24) is 0 Å². The predicted molar refractivity (Wildman–Crippen MR) is 89.6 cm³/mol. The zero-order valence-corrected chi connectivity index (χ0v) is 13.5. The van der Waals surface area contributed by atoms with Crippen molar-refractivity contribution in [1.29, 1.82) is 0 Å². The predicted octanol–water partition coefficient (Wildman–Crippen LogP) is 3.22. The minimum Gasteiger partial charge on any atom is -0.507 e. The maximum absolute atomic E-state index is 12.4. The topological polar surface area (TPSA) is 84.9 Å². The maximum Gasteiger partial charge on any atom is 0.341 e. The van der Waals surface area contributed by atoms with Crippen molar-refractivity contribution in [2.45, 2.75) is 13.3 Å². The number of anilines is 1. The van der Waals surface area contributed by atoms with Gasteiger partial charge in [0.05, 0.1) is 19.3 Å². The molecule has 0 spiro atoms. The molecule has 6 nitrogen and oxygen atoms in total. The highest BCUT2D eigenvalue weighted by molar-refractivity contribution is 6.06. The van der Waals surface area contributed by atoms with Gasteiger partial charge in [-0.05, 0) is 36.8 Å². The first kappa shape index (κ1) is 17.3. The fourth-order valence-corrected chi connectivity index (χ4v) is 2.08. The monoisotopic (exact) mass is 329 g/mol. The number of hydrogen-bond acceptors (Lipinski definition) is 5. The van der Waals surface area contributed by atoms with Crippen LogP contribution >= 0.6 is 0 Å². The summed E-state index contributed by atoms with van der Waals surface area (Å²) in [6.07, 6.45) is 0.677. The summed E-state index contributed by atoms with van der Waals surface area (Å²) < 4.78 is 10.2. The summed E-state index contributed by atoms with van der Waals surface area (Å²) in [6.45, 7) is 2.13. The molecule has 0 unspecified atom stereocenters. The standard InChI is InChI=1S/C18H19NO5/c1-3-10-24-18(22)14-11-12(8-9-15(14)20)19-17(21)13-6-4-5-7-16(13)23-2/h4-9,11,20H,3,10H2,1-2H3,(H,19,21). The van der Waals surface area contributed by atoms with E-state index in [9.17, 15) is 14.7 Å². The largest absolute Gasteiger partial charge is 0.507 e. The van der Waals surface area contributed by atoms with Crippen molar-refractivity contribution >= 4 is 17.6 Å². The number of hydrogen-bond donors (Lipinski definition) is 2. The van der Waals surface area contributed by atoms with E-state index < -0.39 is 5.97 Å². The average Bonchev–Trinajstić information content (AvgIpc) is 2.61. The Kier molecular flexibility index (Phi) is 5.78. The lowest BCUT2D eigenvalue weighted by Crippen LogP contribution is -2.14. The van der Waals surface area contributed by atoms with Crippen molar-refractivity contribution in [3.8, 4) is 11.5 Å². The molecule has 0 saturated carbocycles. The van der Waals surface area contributed by atoms with Crippen LogP contribution in [0.1, 0.15) is 34.1 Å². The number of nitrogens with one attached hydrogen (secondary N) is 1. The average molecular weight is 329 g/mol. The number of amides is 1. The fourth-order valence-electron chi connectivity index (χ4n) is 2.08. The van der Waals surface area contributed by atoms with Crippen LogP contribution in [0.15, 0.2) is 42.5 Å². The third kappa shape index (κ3) is 4.04. The molecule has 126 valence electrons. The number of ether oxygens (including phenoxy) is 2. The van der Waals surface area contributed by atoms with Gasteiger partial charge in [-0.2, -0.15) is 0 Å². The van der Waals surface area contributed by atoms with Crippen LogP contribution in [0.4, 0.5) is 5.69 Å². The second kappa shape index (κ2) is 8.01. The molecule has 0 aliphatic rings. The molecule has 0 aliphatic carbocycles. The highest BCUT2D eigenvalue weighted by Crippen LogP contribution is 2.24. The van der Waals surface area contributed by atoms with E-state index in [1.165, 1.54) is 25.3 Å². The molecule has 2 aromatic rings. The number of phenols is 1. The number of aromatic hydroxyl groups is 1. The van der Waals surface area contributed by atoms with Gasteiger partial charge < -0.3 is 19.9 Å². The van der Waals surface area contributed by atoms with Crippen LogP contribution in [-0.2, 0) is 4.74 Å². The number of phenolic OH excluding ortho intramolecular Hbond substituents is 1. The van der Waals surface area contributed by atoms with E-state index in [0.717, 1.165) is 0 Å². The summed E-state index contributed by atoms with van der Waals surface area (Å²) in [7, 11) is 1.48. The number of carbonyl (C=O) groups is 2. The molecule has 0 aromatic heterocycles. The molecule has 0 bridgehead atoms. The van der Waals surface area contributed by atoms with E-state index in [1.54, 1.807) is 24.3 Å². The van der Waals surface area contributed by atoms with Crippen molar-refractivity contribution < 1.29 is 24.2 Å². The Hall–Kier alpha value is -3.02. The number of para-hydroxylation sites is 1. The number of carbonyl (C=O) groups excluding carboxylic acids is 2. The molecular formula is C18H19NO5. The van der Waals surface area contributed by atoms with E-state index >= 15 is 0 Å². The third-order valence-electron chi connectivity index (χ3n) is 3.26. The fraction of sp³-hybridized carbons (Fsp3) is 0.222. The molecule has 0 atom stereocenters. The van der Waals surface area contributed by atoms with Crippen LogP contribution in [0.2, 0.25) is 0 Å². The van der Waals surface area contributed by atoms with E-state index in [2.05, 4.69) is 5.32 Å². The highest BCUT2D eigenvalue weighted by Gasteiger charge is 2.16. The Bertz CT molecular complexity index is 742. The summed E-state index contributed by atoms with van der Waals surface area (Å²) in [5.74, 6) is -0.781. The molecule has 1 amide bonds. The van der Waals surface area contributed by atoms with E-state index in [4.69, 9.17) is 9.47 Å². The molecule has 0 saturated heterocycles. The van der Waals surface area contributed by atoms with Gasteiger partial charge >= 0.3 is 5.97 Å². The lowest BCUT2D eigenvalue weighted by atomic mass is 10.1. The van der Waals surface area contributed by atoms with Gasteiger partial charge in [0.2, 0.25) is 0 Å². The van der Waals surface area contributed by atoms with E-state index in [-0.39, 0.29) is 23.8 Å². The van der Waals surface area contributed by atoms with Gasteiger partial charge in [0.1, 0.15) is 17.1 Å². The molecule has 24 heavy (non-hydrogen) atoms. The lowest BCUT2D eigenvalue weighted by molar-refractivity contribution is 0.0501. The summed E-state index contributed by atoms with van der Waals surface area (Å²) in [4.78, 5) is 24.3. The van der Waals surface area contributed by atoms with Crippen molar-refractivity contribution in [3.63, 3.8) is 0 Å². The van der Waals surface area contributed by atoms with Gasteiger partial charge in [0.25, 0.3) is 5.91 Å². The zero-order chi connectivity index (χ0) is 17.5. The first-order valence-corrected chi connectivity index (χ1v) is 7.51. The Morgan fingerprint density at radius 2 is 1.88 bits per heavy atom. The molecule has 0 heterocycles. The molecule has 2 aromatic carbocycles. The summed E-state index contributed by atoms with van der Waals surface area (Å²) in [6, 6.07) is 11.0. The van der Waals surface area contributed by atoms with Crippen LogP contribution in [0.5, 0.6) is 11.5 Å². The number of benzene rings is 2. The minimum absolute atomic E-state index is 0.00118. The summed E-state index contributed by atoms with van der Waals surface area (Å²) in [5, 5.41) is 12.5. The van der Waals surface area contributed by atoms with E-state index in [0.29, 0.717) is 23.4 Å². The lowest BCUT2D eigenvalue weighted by Gasteiger charge is -2.11. The van der Waals surface area contributed by atoms with Crippen molar-refractivity contribution in [2.75, 3.05) is 19.0 Å². The Morgan fingerprint density at radius 3 is 2.58 bits per heavy atom. The van der Waals surface area contributed by atoms with Gasteiger partial charge in [-0.25, -0.2) is 4.79 Å². The zero-order valence-electron chi connectivity index (χ0n) is 13.5. The highest BCUT2D eigenvalue weighted by atomic mass is 16.5. The van der Waals surface area contributed by atoms with Gasteiger partial charge in [0, 0.05) is 5.69 Å². The SMILES string of the molecule is CCCOC(=O)c1cc(NC(=O)c2ccccc2OC)ccc1O. The van der Waals surface area contributed by atoms with Crippen LogP contribution in [-0.4, -0.2) is 30.7 Å². The smallest absolute Gasteiger partial charge is 0.341 e. The van der Waals surface area contributed by atoms with Gasteiger partial charge in [0.15, 0.2) is 0 Å². The quantitative estimate of drug-likeness (QED) is 0.628. The number of esters is 1. The first-order chi connectivity index (χ1) is 11.6. The summed E-state index contributed by atoms with van der Waals surface area (Å²) >= 11 is 0. The van der Waals surface area contributed by atoms with Gasteiger partial charge in [-0.1, -0.05) is 19.1 Å². The Labute approximate surface area is 140 Å². The van der Waals surface area contributed by atoms with Gasteiger partial charge in [-0.3, -0.25) is 4.79 Å². The first-order valence-electron chi connectivity index (χ1n) is 7.51. The van der Waals surface area contributed by atoms with Crippen molar-refractivity contribution in [3.05, 3.63) is 53.6 Å². The molecule has 6 heteroatoms. The van der Waals surface area contributed by atoms with Crippen LogP contribution in [0, 0.1) is 0 Å². The molecule has 2 N–H and O–H groups in total. The number of rotatable bonds is 6. The molecule has 2 rings (SSSR count). The maximum atomic E-state index is 12.4. The molecule has 0 fully saturated rings. The van der Waals surface area contributed by atoms with E-state index in [1.807, 2.05) is 6.92 Å². The van der Waals surface area contributed by atoms with Crippen molar-refractivity contribution in [2.24, 2.45) is 0 Å². The Balaban J connectivity index is 2.21. The minimum atomic E-state index is -0.636. The molecule has 0 radical (unpaired) electrons. The summed E-state index contributed by atoms with van der Waals surface area (Å²) in [5.41, 5.74) is 0.733. The third-order valence-corrected chi connectivity index (χ3v) is 3.26. The van der Waals surface area contributed by atoms with Gasteiger partial charge in [-0.15, -0.1) is 0 Å². The normalized spacial score (nSPS) is 10.1. The second-order valence-electron chi connectivity index (χ2n) is 5.02. The Morgan fingerprint density at radius 1 is 1.12 bits per heavy atom. The number of methoxy groups -OCH3 is 1. The molecule has 0 aliphatic heterocycles. The van der Waals surface area contributed by atoms with Crippen LogP contribution in [0.3, 0.4) is 0 Å². The second-order valence-corrected chi connectivity index (χ2v) is 5.02.